The minimum Gasteiger partial charge on any atom is -0.323 e. The summed E-state index contributed by atoms with van der Waals surface area (Å²) in [6.45, 7) is 4.56. The van der Waals surface area contributed by atoms with E-state index in [0.29, 0.717) is 18.5 Å². The predicted octanol–water partition coefficient (Wildman–Crippen LogP) is 5.17. The average Bonchev–Trinajstić information content (AvgIpc) is 3.20. The number of fused-ring (bicyclic) bond motifs is 1. The quantitative estimate of drug-likeness (QED) is 0.362. The van der Waals surface area contributed by atoms with Crippen LogP contribution in [0.4, 0.5) is 0 Å². The fraction of sp³-hybridized carbons (Fsp3) is 0.259. The standard InChI is InChI=1S/C27H29N3O3S/c1-3-5-17-34(32,33)29-27(31)23-15-16-24-25(18-23)30(26(4-2)28-24)19-20-11-13-22(14-12-20)21-9-7-6-8-10-21/h6-16,18H,3-5,17,19H2,1-2H3,(H,29,31). The number of rotatable bonds is 9. The van der Waals surface area contributed by atoms with Gasteiger partial charge in [0.1, 0.15) is 5.82 Å². The Labute approximate surface area is 200 Å². The van der Waals surface area contributed by atoms with Gasteiger partial charge in [-0.05, 0) is 41.3 Å². The number of carbonyl (C=O) groups excluding carboxylic acids is 1. The Hall–Kier alpha value is -3.45. The third kappa shape index (κ3) is 5.37. The molecule has 0 fully saturated rings. The summed E-state index contributed by atoms with van der Waals surface area (Å²) in [5.41, 5.74) is 5.33. The largest absolute Gasteiger partial charge is 0.323 e. The van der Waals surface area contributed by atoms with E-state index in [9.17, 15) is 13.2 Å². The highest BCUT2D eigenvalue weighted by molar-refractivity contribution is 7.90. The van der Waals surface area contributed by atoms with E-state index in [1.807, 2.05) is 32.0 Å². The molecule has 0 unspecified atom stereocenters. The molecule has 1 amide bonds. The Balaban J connectivity index is 1.61. The summed E-state index contributed by atoms with van der Waals surface area (Å²) in [4.78, 5) is 17.4. The number of hydrogen-bond acceptors (Lipinski definition) is 4. The zero-order valence-electron chi connectivity index (χ0n) is 19.5. The Kier molecular flexibility index (Phi) is 7.12. The highest BCUT2D eigenvalue weighted by Gasteiger charge is 2.18. The van der Waals surface area contributed by atoms with Crippen molar-refractivity contribution in [2.75, 3.05) is 5.75 Å². The van der Waals surface area contributed by atoms with Crippen LogP contribution in [0.15, 0.2) is 72.8 Å². The lowest BCUT2D eigenvalue weighted by Crippen LogP contribution is -2.32. The smallest absolute Gasteiger partial charge is 0.264 e. The van der Waals surface area contributed by atoms with Crippen molar-refractivity contribution in [3.8, 4) is 11.1 Å². The minimum atomic E-state index is -3.65. The van der Waals surface area contributed by atoms with Gasteiger partial charge in [0.15, 0.2) is 0 Å². The predicted molar refractivity (Wildman–Crippen MR) is 136 cm³/mol. The molecule has 0 spiro atoms. The molecule has 0 aliphatic carbocycles. The monoisotopic (exact) mass is 475 g/mol. The van der Waals surface area contributed by atoms with Gasteiger partial charge in [0.25, 0.3) is 5.91 Å². The maximum Gasteiger partial charge on any atom is 0.264 e. The second-order valence-corrected chi connectivity index (χ2v) is 10.2. The third-order valence-corrected chi connectivity index (χ3v) is 7.14. The number of carbonyl (C=O) groups is 1. The molecule has 6 nitrogen and oxygen atoms in total. The molecular weight excluding hydrogens is 446 g/mol. The lowest BCUT2D eigenvalue weighted by molar-refractivity contribution is 0.0981. The Morgan fingerprint density at radius 3 is 2.32 bits per heavy atom. The topological polar surface area (TPSA) is 81.1 Å². The molecule has 4 aromatic rings. The van der Waals surface area contributed by atoms with E-state index in [-0.39, 0.29) is 5.75 Å². The van der Waals surface area contributed by atoms with Crippen molar-refractivity contribution in [1.29, 1.82) is 0 Å². The number of imidazole rings is 1. The highest BCUT2D eigenvalue weighted by atomic mass is 32.2. The van der Waals surface area contributed by atoms with Crippen molar-refractivity contribution in [1.82, 2.24) is 14.3 Å². The van der Waals surface area contributed by atoms with Crippen LogP contribution in [-0.4, -0.2) is 29.6 Å². The maximum atomic E-state index is 12.7. The van der Waals surface area contributed by atoms with Crippen LogP contribution in [0.2, 0.25) is 0 Å². The molecule has 0 aliphatic rings. The number of unbranched alkanes of at least 4 members (excludes halogenated alkanes) is 1. The van der Waals surface area contributed by atoms with Crippen LogP contribution in [0.1, 0.15) is 48.4 Å². The normalized spacial score (nSPS) is 11.6. The van der Waals surface area contributed by atoms with Gasteiger partial charge < -0.3 is 4.57 Å². The number of aromatic nitrogens is 2. The summed E-state index contributed by atoms with van der Waals surface area (Å²) in [5, 5.41) is 0. The van der Waals surface area contributed by atoms with E-state index in [1.165, 1.54) is 5.56 Å². The van der Waals surface area contributed by atoms with Crippen LogP contribution in [0.25, 0.3) is 22.2 Å². The lowest BCUT2D eigenvalue weighted by atomic mass is 10.0. The summed E-state index contributed by atoms with van der Waals surface area (Å²) >= 11 is 0. The molecule has 1 aromatic heterocycles. The third-order valence-electron chi connectivity index (χ3n) is 5.82. The minimum absolute atomic E-state index is 0.0611. The first-order valence-electron chi connectivity index (χ1n) is 11.6. The van der Waals surface area contributed by atoms with Crippen molar-refractivity contribution < 1.29 is 13.2 Å². The zero-order valence-corrected chi connectivity index (χ0v) is 20.3. The molecule has 0 bridgehead atoms. The van der Waals surface area contributed by atoms with Crippen molar-refractivity contribution in [2.45, 2.75) is 39.7 Å². The SMILES string of the molecule is CCCCS(=O)(=O)NC(=O)c1ccc2nc(CC)n(Cc3ccc(-c4ccccc4)cc3)c2c1. The van der Waals surface area contributed by atoms with E-state index in [0.717, 1.165) is 40.8 Å². The molecule has 0 radical (unpaired) electrons. The summed E-state index contributed by atoms with van der Waals surface area (Å²) in [7, 11) is -3.65. The van der Waals surface area contributed by atoms with Crippen LogP contribution in [0.3, 0.4) is 0 Å². The first-order chi connectivity index (χ1) is 16.4. The van der Waals surface area contributed by atoms with E-state index >= 15 is 0 Å². The summed E-state index contributed by atoms with van der Waals surface area (Å²) in [5.74, 6) is 0.236. The average molecular weight is 476 g/mol. The second kappa shape index (κ2) is 10.2. The van der Waals surface area contributed by atoms with Crippen molar-refractivity contribution >= 4 is 27.0 Å². The molecule has 0 saturated heterocycles. The van der Waals surface area contributed by atoms with Crippen molar-refractivity contribution in [3.63, 3.8) is 0 Å². The Bertz CT molecular complexity index is 1390. The molecule has 7 heteroatoms. The number of hydrogen-bond donors (Lipinski definition) is 1. The van der Waals surface area contributed by atoms with Gasteiger partial charge in [0.05, 0.1) is 16.8 Å². The number of amides is 1. The lowest BCUT2D eigenvalue weighted by Gasteiger charge is -2.11. The van der Waals surface area contributed by atoms with Gasteiger partial charge in [-0.3, -0.25) is 4.79 Å². The first kappa shape index (κ1) is 23.7. The molecule has 0 atom stereocenters. The molecule has 34 heavy (non-hydrogen) atoms. The van der Waals surface area contributed by atoms with Crippen LogP contribution in [0, 0.1) is 0 Å². The summed E-state index contributed by atoms with van der Waals surface area (Å²) < 4.78 is 28.6. The fourth-order valence-corrected chi connectivity index (χ4v) is 5.13. The van der Waals surface area contributed by atoms with Crippen LogP contribution in [0.5, 0.6) is 0 Å². The van der Waals surface area contributed by atoms with Gasteiger partial charge in [-0.1, -0.05) is 74.9 Å². The van der Waals surface area contributed by atoms with Gasteiger partial charge in [-0.2, -0.15) is 0 Å². The van der Waals surface area contributed by atoms with Crippen molar-refractivity contribution in [3.05, 3.63) is 89.7 Å². The summed E-state index contributed by atoms with van der Waals surface area (Å²) in [6.07, 6.45) is 1.99. The Morgan fingerprint density at radius 2 is 1.65 bits per heavy atom. The number of aryl methyl sites for hydroxylation is 1. The van der Waals surface area contributed by atoms with Gasteiger partial charge in [-0.25, -0.2) is 18.1 Å². The maximum absolute atomic E-state index is 12.7. The fourth-order valence-electron chi connectivity index (χ4n) is 3.96. The molecule has 4 rings (SSSR count). The molecule has 1 heterocycles. The van der Waals surface area contributed by atoms with E-state index in [2.05, 4.69) is 45.7 Å². The second-order valence-electron chi connectivity index (χ2n) is 8.34. The van der Waals surface area contributed by atoms with E-state index in [4.69, 9.17) is 4.98 Å². The van der Waals surface area contributed by atoms with Crippen LogP contribution in [-0.2, 0) is 23.0 Å². The van der Waals surface area contributed by atoms with Crippen LogP contribution >= 0.6 is 0 Å². The highest BCUT2D eigenvalue weighted by Crippen LogP contribution is 2.23. The molecule has 3 aromatic carbocycles. The Morgan fingerprint density at radius 1 is 0.941 bits per heavy atom. The van der Waals surface area contributed by atoms with Gasteiger partial charge >= 0.3 is 0 Å². The first-order valence-corrected chi connectivity index (χ1v) is 13.2. The van der Waals surface area contributed by atoms with Gasteiger partial charge in [-0.15, -0.1) is 0 Å². The molecule has 0 saturated carbocycles. The number of nitrogens with zero attached hydrogens (tertiary/aromatic N) is 2. The van der Waals surface area contributed by atoms with Crippen LogP contribution < -0.4 is 4.72 Å². The number of nitrogens with one attached hydrogen (secondary N) is 1. The molecule has 176 valence electrons. The van der Waals surface area contributed by atoms with Gasteiger partial charge in [0.2, 0.25) is 10.0 Å². The van der Waals surface area contributed by atoms with Crippen molar-refractivity contribution in [2.24, 2.45) is 0 Å². The number of benzene rings is 3. The van der Waals surface area contributed by atoms with Gasteiger partial charge in [0, 0.05) is 18.5 Å². The zero-order chi connectivity index (χ0) is 24.1. The molecular formula is C27H29N3O3S. The summed E-state index contributed by atoms with van der Waals surface area (Å²) in [6, 6.07) is 23.8. The molecule has 1 N–H and O–H groups in total. The number of sulfonamides is 1. The molecule has 0 aliphatic heterocycles. The van der Waals surface area contributed by atoms with E-state index in [1.54, 1.807) is 18.2 Å². The van der Waals surface area contributed by atoms with E-state index < -0.39 is 15.9 Å².